The van der Waals surface area contributed by atoms with E-state index in [0.717, 1.165) is 37.6 Å². The van der Waals surface area contributed by atoms with E-state index in [-0.39, 0.29) is 12.5 Å². The third-order valence-corrected chi connectivity index (χ3v) is 5.05. The van der Waals surface area contributed by atoms with Crippen molar-refractivity contribution < 1.29 is 9.53 Å². The third kappa shape index (κ3) is 9.96. The van der Waals surface area contributed by atoms with E-state index in [0.29, 0.717) is 18.8 Å². The van der Waals surface area contributed by atoms with Crippen molar-refractivity contribution in [2.75, 3.05) is 45.9 Å². The second kappa shape index (κ2) is 14.7. The molecule has 7 heteroatoms. The molecule has 1 heterocycles. The van der Waals surface area contributed by atoms with E-state index in [1.54, 1.807) is 0 Å². The first-order chi connectivity index (χ1) is 14.7. The van der Waals surface area contributed by atoms with Crippen molar-refractivity contribution in [2.45, 2.75) is 52.5 Å². The van der Waals surface area contributed by atoms with Crippen molar-refractivity contribution in [3.8, 4) is 5.75 Å². The number of benzene rings is 1. The summed E-state index contributed by atoms with van der Waals surface area (Å²) in [6.07, 6.45) is 6.55. The summed E-state index contributed by atoms with van der Waals surface area (Å²) in [4.78, 5) is 18.8. The van der Waals surface area contributed by atoms with Crippen molar-refractivity contribution in [2.24, 2.45) is 4.99 Å². The Morgan fingerprint density at radius 1 is 1.07 bits per heavy atom. The van der Waals surface area contributed by atoms with Crippen molar-refractivity contribution in [1.82, 2.24) is 20.9 Å². The van der Waals surface area contributed by atoms with E-state index >= 15 is 0 Å². The predicted molar refractivity (Wildman–Crippen MR) is 123 cm³/mol. The Bertz CT molecular complexity index is 642. The molecule has 30 heavy (non-hydrogen) atoms. The highest BCUT2D eigenvalue weighted by Gasteiger charge is 2.08. The standard InChI is InChI=1S/C23H39N5O2/c1-3-24-22(29)19-30-21-12-9-11-20(17-21)18-27-23(25-4-2)26-13-10-16-28-14-7-5-6-8-15-28/h9,11-12,17H,3-8,10,13-16,18-19H2,1-2H3,(H,24,29)(H2,25,26,27). The maximum atomic E-state index is 11.6. The molecule has 7 nitrogen and oxygen atoms in total. The second-order valence-electron chi connectivity index (χ2n) is 7.62. The maximum absolute atomic E-state index is 11.6. The molecular weight excluding hydrogens is 378 g/mol. The number of rotatable bonds is 11. The van der Waals surface area contributed by atoms with Gasteiger partial charge in [0.05, 0.1) is 6.54 Å². The molecule has 1 aromatic rings. The summed E-state index contributed by atoms with van der Waals surface area (Å²) in [7, 11) is 0. The molecule has 0 aromatic heterocycles. The minimum atomic E-state index is -0.111. The number of carbonyl (C=O) groups is 1. The van der Waals surface area contributed by atoms with Gasteiger partial charge in [0.2, 0.25) is 0 Å². The van der Waals surface area contributed by atoms with Crippen LogP contribution in [-0.2, 0) is 11.3 Å². The molecular formula is C23H39N5O2. The first-order valence-electron chi connectivity index (χ1n) is 11.4. The SMILES string of the molecule is CCNC(=O)COc1cccc(CN=C(NCC)NCCCN2CCCCCC2)c1. The molecule has 3 N–H and O–H groups in total. The first-order valence-corrected chi connectivity index (χ1v) is 11.4. The quantitative estimate of drug-likeness (QED) is 0.293. The zero-order chi connectivity index (χ0) is 21.4. The lowest BCUT2D eigenvalue weighted by Gasteiger charge is -2.20. The van der Waals surface area contributed by atoms with Gasteiger partial charge in [-0.2, -0.15) is 0 Å². The highest BCUT2D eigenvalue weighted by molar-refractivity contribution is 5.79. The molecule has 1 aromatic carbocycles. The summed E-state index contributed by atoms with van der Waals surface area (Å²) in [6, 6.07) is 7.75. The average molecular weight is 418 g/mol. The fourth-order valence-corrected chi connectivity index (χ4v) is 3.51. The van der Waals surface area contributed by atoms with E-state index < -0.39 is 0 Å². The van der Waals surface area contributed by atoms with Crippen LogP contribution in [0.4, 0.5) is 0 Å². The van der Waals surface area contributed by atoms with Gasteiger partial charge in [-0.3, -0.25) is 4.79 Å². The van der Waals surface area contributed by atoms with Crippen molar-refractivity contribution in [3.05, 3.63) is 29.8 Å². The molecule has 0 bridgehead atoms. The Morgan fingerprint density at radius 3 is 2.57 bits per heavy atom. The van der Waals surface area contributed by atoms with Gasteiger partial charge >= 0.3 is 0 Å². The summed E-state index contributed by atoms with van der Waals surface area (Å²) in [5.74, 6) is 1.41. The maximum Gasteiger partial charge on any atom is 0.257 e. The number of carbonyl (C=O) groups excluding carboxylic acids is 1. The van der Waals surface area contributed by atoms with E-state index in [2.05, 4.69) is 27.8 Å². The fourth-order valence-electron chi connectivity index (χ4n) is 3.51. The lowest BCUT2D eigenvalue weighted by Crippen LogP contribution is -2.39. The number of nitrogens with one attached hydrogen (secondary N) is 3. The van der Waals surface area contributed by atoms with Gasteiger partial charge in [0.15, 0.2) is 12.6 Å². The number of hydrogen-bond donors (Lipinski definition) is 3. The smallest absolute Gasteiger partial charge is 0.257 e. The van der Waals surface area contributed by atoms with Gasteiger partial charge in [-0.1, -0.05) is 25.0 Å². The molecule has 0 saturated carbocycles. The lowest BCUT2D eigenvalue weighted by molar-refractivity contribution is -0.122. The first kappa shape index (κ1) is 24.0. The minimum absolute atomic E-state index is 0.0295. The molecule has 1 amide bonds. The summed E-state index contributed by atoms with van der Waals surface area (Å²) in [5, 5.41) is 9.48. The summed E-state index contributed by atoms with van der Waals surface area (Å²) < 4.78 is 5.56. The summed E-state index contributed by atoms with van der Waals surface area (Å²) in [5.41, 5.74) is 1.05. The van der Waals surface area contributed by atoms with Gasteiger partial charge in [-0.05, 0) is 70.4 Å². The zero-order valence-corrected chi connectivity index (χ0v) is 18.7. The van der Waals surface area contributed by atoms with Crippen LogP contribution in [0.2, 0.25) is 0 Å². The molecule has 0 radical (unpaired) electrons. The Hall–Kier alpha value is -2.28. The van der Waals surface area contributed by atoms with Gasteiger partial charge in [0.25, 0.3) is 5.91 Å². The number of amides is 1. The molecule has 0 spiro atoms. The minimum Gasteiger partial charge on any atom is -0.484 e. The van der Waals surface area contributed by atoms with Crippen LogP contribution in [0.3, 0.4) is 0 Å². The third-order valence-electron chi connectivity index (χ3n) is 5.05. The number of ether oxygens (including phenoxy) is 1. The van der Waals surface area contributed by atoms with Crippen LogP contribution in [0.15, 0.2) is 29.3 Å². The highest BCUT2D eigenvalue weighted by atomic mass is 16.5. The van der Waals surface area contributed by atoms with Gasteiger partial charge in [-0.25, -0.2) is 4.99 Å². The Kier molecular flexibility index (Phi) is 11.7. The van der Waals surface area contributed by atoms with Crippen LogP contribution in [-0.4, -0.2) is 62.6 Å². The summed E-state index contributed by atoms with van der Waals surface area (Å²) in [6.45, 7) is 10.5. The molecule has 1 saturated heterocycles. The predicted octanol–water partition coefficient (Wildman–Crippen LogP) is 2.52. The van der Waals surface area contributed by atoms with Crippen molar-refractivity contribution in [1.29, 1.82) is 0 Å². The second-order valence-corrected chi connectivity index (χ2v) is 7.62. The monoisotopic (exact) mass is 417 g/mol. The fraction of sp³-hybridized carbons (Fsp3) is 0.652. The number of nitrogens with zero attached hydrogens (tertiary/aromatic N) is 2. The zero-order valence-electron chi connectivity index (χ0n) is 18.7. The molecule has 0 atom stereocenters. The number of hydrogen-bond acceptors (Lipinski definition) is 4. The van der Waals surface area contributed by atoms with Gasteiger partial charge in [0, 0.05) is 19.6 Å². The van der Waals surface area contributed by atoms with Crippen molar-refractivity contribution in [3.63, 3.8) is 0 Å². The molecule has 0 unspecified atom stereocenters. The van der Waals surface area contributed by atoms with Crippen LogP contribution in [0.25, 0.3) is 0 Å². The van der Waals surface area contributed by atoms with Gasteiger partial charge < -0.3 is 25.6 Å². The number of likely N-dealkylation sites (tertiary alicyclic amines) is 1. The largest absolute Gasteiger partial charge is 0.484 e. The molecule has 1 aliphatic rings. The van der Waals surface area contributed by atoms with E-state index in [1.165, 1.54) is 38.8 Å². The van der Waals surface area contributed by atoms with Crippen LogP contribution < -0.4 is 20.7 Å². The molecule has 0 aliphatic carbocycles. The van der Waals surface area contributed by atoms with Gasteiger partial charge in [0.1, 0.15) is 5.75 Å². The topological polar surface area (TPSA) is 78.0 Å². The average Bonchev–Trinajstić information content (AvgIpc) is 3.03. The van der Waals surface area contributed by atoms with Crippen LogP contribution >= 0.6 is 0 Å². The van der Waals surface area contributed by atoms with Crippen molar-refractivity contribution >= 4 is 11.9 Å². The number of guanidine groups is 1. The summed E-state index contributed by atoms with van der Waals surface area (Å²) >= 11 is 0. The Morgan fingerprint density at radius 2 is 1.83 bits per heavy atom. The number of aliphatic imine (C=N–C) groups is 1. The number of likely N-dealkylation sites (N-methyl/N-ethyl adjacent to an activating group) is 1. The Labute approximate surface area is 181 Å². The normalized spacial score (nSPS) is 15.3. The molecule has 1 fully saturated rings. The van der Waals surface area contributed by atoms with E-state index in [4.69, 9.17) is 9.73 Å². The van der Waals surface area contributed by atoms with E-state index in [9.17, 15) is 4.79 Å². The van der Waals surface area contributed by atoms with Crippen LogP contribution in [0.1, 0.15) is 51.5 Å². The van der Waals surface area contributed by atoms with Crippen LogP contribution in [0, 0.1) is 0 Å². The highest BCUT2D eigenvalue weighted by Crippen LogP contribution is 2.14. The van der Waals surface area contributed by atoms with Gasteiger partial charge in [-0.15, -0.1) is 0 Å². The molecule has 2 rings (SSSR count). The lowest BCUT2D eigenvalue weighted by atomic mass is 10.2. The molecule has 168 valence electrons. The molecule has 1 aliphatic heterocycles. The Balaban J connectivity index is 1.77. The van der Waals surface area contributed by atoms with Crippen LogP contribution in [0.5, 0.6) is 5.75 Å². The van der Waals surface area contributed by atoms with E-state index in [1.807, 2.05) is 31.2 Å².